The first kappa shape index (κ1) is 18.9. The quantitative estimate of drug-likeness (QED) is 0.693. The van der Waals surface area contributed by atoms with Gasteiger partial charge in [-0.05, 0) is 31.9 Å². The van der Waals surface area contributed by atoms with Gasteiger partial charge in [0.2, 0.25) is 11.8 Å². The number of nitrogens with zero attached hydrogens (tertiary/aromatic N) is 2. The van der Waals surface area contributed by atoms with Crippen molar-refractivity contribution in [3.8, 4) is 0 Å². The van der Waals surface area contributed by atoms with E-state index in [9.17, 15) is 14.4 Å². The molecule has 5 heteroatoms. The van der Waals surface area contributed by atoms with Crippen molar-refractivity contribution in [1.29, 1.82) is 0 Å². The van der Waals surface area contributed by atoms with Gasteiger partial charge in [0.05, 0.1) is 0 Å². The lowest BCUT2D eigenvalue weighted by Gasteiger charge is -2.27. The first-order chi connectivity index (χ1) is 10.9. The van der Waals surface area contributed by atoms with Crippen LogP contribution in [0.1, 0.15) is 50.9 Å². The summed E-state index contributed by atoms with van der Waals surface area (Å²) >= 11 is 0. The topological polar surface area (TPSA) is 57.7 Å². The number of carbonyl (C=O) groups excluding carboxylic acids is 3. The molecule has 0 aliphatic rings. The minimum absolute atomic E-state index is 0.00328. The van der Waals surface area contributed by atoms with E-state index in [0.29, 0.717) is 24.3 Å². The summed E-state index contributed by atoms with van der Waals surface area (Å²) in [6.07, 6.45) is 1.76. The molecule has 0 fully saturated rings. The lowest BCUT2D eigenvalue weighted by atomic mass is 10.1. The van der Waals surface area contributed by atoms with E-state index >= 15 is 0 Å². The van der Waals surface area contributed by atoms with Crippen LogP contribution in [0.15, 0.2) is 24.3 Å². The number of hydrogen-bond donors (Lipinski definition) is 0. The van der Waals surface area contributed by atoms with E-state index in [2.05, 4.69) is 0 Å². The number of anilines is 1. The SMILES string of the molecule is CCCN(CCC)C(=O)CN(C(C)=O)c1cccc(C(C)=O)c1. The molecule has 0 spiro atoms. The molecule has 1 aromatic rings. The summed E-state index contributed by atoms with van der Waals surface area (Å²) in [6.45, 7) is 8.32. The van der Waals surface area contributed by atoms with Gasteiger partial charge in [0.25, 0.3) is 0 Å². The molecule has 0 N–H and O–H groups in total. The van der Waals surface area contributed by atoms with Crippen LogP contribution < -0.4 is 4.90 Å². The van der Waals surface area contributed by atoms with Crippen LogP contribution in [0.5, 0.6) is 0 Å². The van der Waals surface area contributed by atoms with E-state index in [0.717, 1.165) is 12.8 Å². The van der Waals surface area contributed by atoms with Gasteiger partial charge in [-0.15, -0.1) is 0 Å². The van der Waals surface area contributed by atoms with Gasteiger partial charge in [0, 0.05) is 31.3 Å². The zero-order valence-corrected chi connectivity index (χ0v) is 14.5. The van der Waals surface area contributed by atoms with Crippen molar-refractivity contribution in [2.24, 2.45) is 0 Å². The molecule has 5 nitrogen and oxygen atoms in total. The van der Waals surface area contributed by atoms with Crippen LogP contribution in [0, 0.1) is 0 Å². The Morgan fingerprint density at radius 1 is 1.00 bits per heavy atom. The zero-order chi connectivity index (χ0) is 17.4. The molecule has 126 valence electrons. The molecule has 1 rings (SSSR count). The van der Waals surface area contributed by atoms with Crippen LogP contribution in [0.2, 0.25) is 0 Å². The summed E-state index contributed by atoms with van der Waals surface area (Å²) in [5.41, 5.74) is 1.10. The Hall–Kier alpha value is -2.17. The fraction of sp³-hybridized carbons (Fsp3) is 0.500. The van der Waals surface area contributed by atoms with E-state index in [-0.39, 0.29) is 24.1 Å². The maximum absolute atomic E-state index is 12.5. The van der Waals surface area contributed by atoms with Gasteiger partial charge in [0.1, 0.15) is 6.54 Å². The van der Waals surface area contributed by atoms with E-state index in [1.54, 1.807) is 29.2 Å². The molecule has 23 heavy (non-hydrogen) atoms. The Balaban J connectivity index is 2.98. The number of Topliss-reactive ketones (excluding diaryl/α,β-unsaturated/α-hetero) is 1. The molecule has 0 radical (unpaired) electrons. The van der Waals surface area contributed by atoms with Crippen molar-refractivity contribution in [1.82, 2.24) is 4.90 Å². The Morgan fingerprint density at radius 2 is 1.61 bits per heavy atom. The molecule has 0 aliphatic heterocycles. The highest BCUT2D eigenvalue weighted by molar-refractivity contribution is 6.00. The van der Waals surface area contributed by atoms with Gasteiger partial charge in [-0.25, -0.2) is 0 Å². The van der Waals surface area contributed by atoms with Crippen molar-refractivity contribution in [3.63, 3.8) is 0 Å². The number of carbonyl (C=O) groups is 3. The maximum atomic E-state index is 12.5. The first-order valence-corrected chi connectivity index (χ1v) is 8.07. The van der Waals surface area contributed by atoms with Gasteiger partial charge in [-0.2, -0.15) is 0 Å². The fourth-order valence-electron chi connectivity index (χ4n) is 2.41. The third-order valence-electron chi connectivity index (χ3n) is 3.58. The van der Waals surface area contributed by atoms with Crippen LogP contribution in [0.25, 0.3) is 0 Å². The van der Waals surface area contributed by atoms with Crippen LogP contribution in [0.3, 0.4) is 0 Å². The average molecular weight is 318 g/mol. The molecule has 0 saturated heterocycles. The molecule has 0 saturated carbocycles. The Morgan fingerprint density at radius 3 is 2.09 bits per heavy atom. The largest absolute Gasteiger partial charge is 0.341 e. The smallest absolute Gasteiger partial charge is 0.242 e. The van der Waals surface area contributed by atoms with Crippen molar-refractivity contribution in [3.05, 3.63) is 29.8 Å². The molecule has 0 bridgehead atoms. The van der Waals surface area contributed by atoms with Gasteiger partial charge >= 0.3 is 0 Å². The third-order valence-corrected chi connectivity index (χ3v) is 3.58. The second kappa shape index (κ2) is 9.08. The molecular weight excluding hydrogens is 292 g/mol. The molecule has 0 unspecified atom stereocenters. The average Bonchev–Trinajstić information content (AvgIpc) is 2.52. The van der Waals surface area contributed by atoms with Gasteiger partial charge in [-0.3, -0.25) is 14.4 Å². The highest BCUT2D eigenvalue weighted by Gasteiger charge is 2.20. The fourth-order valence-corrected chi connectivity index (χ4v) is 2.41. The molecule has 1 aromatic carbocycles. The molecule has 0 heterocycles. The van der Waals surface area contributed by atoms with Crippen LogP contribution >= 0.6 is 0 Å². The molecule has 0 aliphatic carbocycles. The minimum Gasteiger partial charge on any atom is -0.341 e. The number of hydrogen-bond acceptors (Lipinski definition) is 3. The number of amides is 2. The highest BCUT2D eigenvalue weighted by atomic mass is 16.2. The number of rotatable bonds is 8. The lowest BCUT2D eigenvalue weighted by Crippen LogP contribution is -2.43. The Labute approximate surface area is 138 Å². The summed E-state index contributed by atoms with van der Waals surface area (Å²) in [7, 11) is 0. The second-order valence-corrected chi connectivity index (χ2v) is 5.59. The Bertz CT molecular complexity index is 563. The predicted octanol–water partition coefficient (Wildman–Crippen LogP) is 2.89. The van der Waals surface area contributed by atoms with Crippen molar-refractivity contribution < 1.29 is 14.4 Å². The molecular formula is C18H26N2O3. The normalized spacial score (nSPS) is 10.3. The highest BCUT2D eigenvalue weighted by Crippen LogP contribution is 2.17. The van der Waals surface area contributed by atoms with Crippen LogP contribution in [-0.4, -0.2) is 42.1 Å². The lowest BCUT2D eigenvalue weighted by molar-refractivity contribution is -0.131. The second-order valence-electron chi connectivity index (χ2n) is 5.59. The molecule has 0 aromatic heterocycles. The monoisotopic (exact) mass is 318 g/mol. The van der Waals surface area contributed by atoms with Gasteiger partial charge < -0.3 is 9.80 Å². The Kier molecular flexibility index (Phi) is 7.45. The summed E-state index contributed by atoms with van der Waals surface area (Å²) in [6, 6.07) is 6.82. The number of ketones is 1. The first-order valence-electron chi connectivity index (χ1n) is 8.07. The van der Waals surface area contributed by atoms with Crippen molar-refractivity contribution >= 4 is 23.3 Å². The van der Waals surface area contributed by atoms with Gasteiger partial charge in [-0.1, -0.05) is 26.0 Å². The van der Waals surface area contributed by atoms with Gasteiger partial charge in [0.15, 0.2) is 5.78 Å². The van der Waals surface area contributed by atoms with E-state index in [1.165, 1.54) is 18.7 Å². The standard InChI is InChI=1S/C18H26N2O3/c1-5-10-19(11-6-2)18(23)13-20(15(4)22)17-9-7-8-16(12-17)14(3)21/h7-9,12H,5-6,10-11,13H2,1-4H3. The third kappa shape index (κ3) is 5.51. The minimum atomic E-state index is -0.216. The predicted molar refractivity (Wildman–Crippen MR) is 91.6 cm³/mol. The van der Waals surface area contributed by atoms with Crippen molar-refractivity contribution in [2.45, 2.75) is 40.5 Å². The molecule has 2 amide bonds. The number of benzene rings is 1. The summed E-state index contributed by atoms with van der Waals surface area (Å²) < 4.78 is 0. The van der Waals surface area contributed by atoms with E-state index < -0.39 is 0 Å². The van der Waals surface area contributed by atoms with Crippen LogP contribution in [-0.2, 0) is 9.59 Å². The summed E-state index contributed by atoms with van der Waals surface area (Å²) in [4.78, 5) is 39.2. The maximum Gasteiger partial charge on any atom is 0.242 e. The summed E-state index contributed by atoms with van der Waals surface area (Å²) in [5, 5.41) is 0. The van der Waals surface area contributed by atoms with E-state index in [4.69, 9.17) is 0 Å². The molecule has 0 atom stereocenters. The van der Waals surface area contributed by atoms with E-state index in [1.807, 2.05) is 13.8 Å². The summed E-state index contributed by atoms with van der Waals surface area (Å²) in [5.74, 6) is -0.357. The van der Waals surface area contributed by atoms with Crippen LogP contribution in [0.4, 0.5) is 5.69 Å². The zero-order valence-electron chi connectivity index (χ0n) is 14.5. The van der Waals surface area contributed by atoms with Crippen molar-refractivity contribution in [2.75, 3.05) is 24.5 Å².